The molecule has 0 spiro atoms. The number of aromatic nitrogens is 2. The van der Waals surface area contributed by atoms with Gasteiger partial charge in [0.15, 0.2) is 0 Å². The number of nitrogens with zero attached hydrogens (tertiary/aromatic N) is 3. The molecule has 13 heavy (non-hydrogen) atoms. The van der Waals surface area contributed by atoms with Crippen molar-refractivity contribution in [2.75, 3.05) is 0 Å². The van der Waals surface area contributed by atoms with Crippen LogP contribution in [-0.2, 0) is 4.79 Å². The quantitative estimate of drug-likeness (QED) is 0.544. The van der Waals surface area contributed by atoms with E-state index in [4.69, 9.17) is 5.11 Å². The van der Waals surface area contributed by atoms with E-state index in [1.807, 2.05) is 0 Å². The third-order valence-electron chi connectivity index (χ3n) is 1.55. The number of rotatable bonds is 3. The van der Waals surface area contributed by atoms with Crippen LogP contribution in [0.5, 0.6) is 0 Å². The van der Waals surface area contributed by atoms with E-state index in [2.05, 4.69) is 5.10 Å². The summed E-state index contributed by atoms with van der Waals surface area (Å²) in [4.78, 5) is 20.0. The zero-order valence-electron chi connectivity index (χ0n) is 6.75. The van der Waals surface area contributed by atoms with E-state index in [0.717, 1.165) is 17.1 Å². The Bertz CT molecular complexity index is 345. The summed E-state index contributed by atoms with van der Waals surface area (Å²) in [6.07, 6.45) is 2.10. The highest BCUT2D eigenvalue weighted by Gasteiger charge is 2.17. The summed E-state index contributed by atoms with van der Waals surface area (Å²) in [6.45, 7) is 1.39. The first-order valence-corrected chi connectivity index (χ1v) is 3.43. The molecule has 0 radical (unpaired) electrons. The molecule has 0 aliphatic carbocycles. The van der Waals surface area contributed by atoms with Gasteiger partial charge in [-0.15, -0.1) is 0 Å². The van der Waals surface area contributed by atoms with Gasteiger partial charge < -0.3 is 5.11 Å². The van der Waals surface area contributed by atoms with Crippen LogP contribution < -0.4 is 0 Å². The van der Waals surface area contributed by atoms with Crippen molar-refractivity contribution in [1.82, 2.24) is 9.78 Å². The lowest BCUT2D eigenvalue weighted by atomic mass is 10.3. The van der Waals surface area contributed by atoms with Gasteiger partial charge in [0.1, 0.15) is 18.4 Å². The Kier molecular flexibility index (Phi) is 2.27. The van der Waals surface area contributed by atoms with Gasteiger partial charge in [0.05, 0.1) is 4.92 Å². The van der Waals surface area contributed by atoms with Crippen LogP contribution in [0.15, 0.2) is 12.4 Å². The fourth-order valence-corrected chi connectivity index (χ4v) is 0.747. The number of carboxylic acids is 1. The van der Waals surface area contributed by atoms with E-state index >= 15 is 0 Å². The lowest BCUT2D eigenvalue weighted by Crippen LogP contribution is -2.15. The minimum Gasteiger partial charge on any atom is -0.480 e. The first-order chi connectivity index (χ1) is 6.02. The third-order valence-corrected chi connectivity index (χ3v) is 1.55. The first kappa shape index (κ1) is 9.17. The average Bonchev–Trinajstić information content (AvgIpc) is 2.50. The molecule has 0 bridgehead atoms. The van der Waals surface area contributed by atoms with Gasteiger partial charge in [-0.1, -0.05) is 0 Å². The minimum atomic E-state index is -1.09. The molecule has 1 heterocycles. The molecular weight excluding hydrogens is 178 g/mol. The van der Waals surface area contributed by atoms with Crippen LogP contribution in [0.1, 0.15) is 13.0 Å². The molecule has 0 saturated carbocycles. The average molecular weight is 185 g/mol. The zero-order chi connectivity index (χ0) is 10.0. The van der Waals surface area contributed by atoms with Crippen LogP contribution in [0.25, 0.3) is 0 Å². The Morgan fingerprint density at radius 1 is 1.85 bits per heavy atom. The number of nitro groups is 1. The lowest BCUT2D eigenvalue weighted by molar-refractivity contribution is -0.385. The van der Waals surface area contributed by atoms with E-state index in [1.54, 1.807) is 0 Å². The number of hydrogen-bond donors (Lipinski definition) is 1. The van der Waals surface area contributed by atoms with Gasteiger partial charge in [-0.3, -0.25) is 14.8 Å². The van der Waals surface area contributed by atoms with Crippen molar-refractivity contribution in [2.24, 2.45) is 0 Å². The van der Waals surface area contributed by atoms with Crippen molar-refractivity contribution in [3.05, 3.63) is 22.5 Å². The molecule has 7 heteroatoms. The molecule has 1 unspecified atom stereocenters. The van der Waals surface area contributed by atoms with Crippen molar-refractivity contribution >= 4 is 11.7 Å². The Morgan fingerprint density at radius 3 is 2.85 bits per heavy atom. The molecule has 1 N–H and O–H groups in total. The van der Waals surface area contributed by atoms with Crippen LogP contribution in [0.2, 0.25) is 0 Å². The molecule has 1 atom stereocenters. The second-order valence-corrected chi connectivity index (χ2v) is 2.45. The van der Waals surface area contributed by atoms with Gasteiger partial charge in [-0.2, -0.15) is 5.10 Å². The summed E-state index contributed by atoms with van der Waals surface area (Å²) < 4.78 is 1.03. The number of carboxylic acid groups (broad SMARTS) is 1. The topological polar surface area (TPSA) is 98.3 Å². The number of carbonyl (C=O) groups is 1. The summed E-state index contributed by atoms with van der Waals surface area (Å²) in [6, 6.07) is -0.895. The van der Waals surface area contributed by atoms with Gasteiger partial charge in [0.2, 0.25) is 0 Å². The van der Waals surface area contributed by atoms with Crippen molar-refractivity contribution in [2.45, 2.75) is 13.0 Å². The van der Waals surface area contributed by atoms with E-state index in [-0.39, 0.29) is 5.69 Å². The highest BCUT2D eigenvalue weighted by molar-refractivity contribution is 5.71. The summed E-state index contributed by atoms with van der Waals surface area (Å²) in [5, 5.41) is 22.3. The predicted octanol–water partition coefficient (Wildman–Crippen LogP) is 0.437. The van der Waals surface area contributed by atoms with Crippen molar-refractivity contribution in [1.29, 1.82) is 0 Å². The SMILES string of the molecule is CC(C(=O)O)n1cc([N+](=O)[O-])cn1. The predicted molar refractivity (Wildman–Crippen MR) is 41.2 cm³/mol. The molecule has 0 fully saturated rings. The summed E-state index contributed by atoms with van der Waals surface area (Å²) in [5.41, 5.74) is -0.215. The monoisotopic (exact) mass is 185 g/mol. The molecule has 7 nitrogen and oxygen atoms in total. The van der Waals surface area contributed by atoms with Crippen LogP contribution in [0.3, 0.4) is 0 Å². The Hall–Kier alpha value is -1.92. The summed E-state index contributed by atoms with van der Waals surface area (Å²) >= 11 is 0. The fourth-order valence-electron chi connectivity index (χ4n) is 0.747. The lowest BCUT2D eigenvalue weighted by Gasteiger charge is -2.03. The zero-order valence-corrected chi connectivity index (χ0v) is 6.75. The largest absolute Gasteiger partial charge is 0.480 e. The molecule has 0 aliphatic rings. The minimum absolute atomic E-state index is 0.215. The standard InChI is InChI=1S/C6H7N3O4/c1-4(6(10)11)8-3-5(2-7-8)9(12)13/h2-4H,1H3,(H,10,11). The van der Waals surface area contributed by atoms with Crippen molar-refractivity contribution in [3.8, 4) is 0 Å². The molecule has 1 aromatic heterocycles. The molecule has 70 valence electrons. The molecule has 0 amide bonds. The van der Waals surface area contributed by atoms with Crippen LogP contribution in [0, 0.1) is 10.1 Å². The van der Waals surface area contributed by atoms with Crippen molar-refractivity contribution in [3.63, 3.8) is 0 Å². The molecule has 1 aromatic rings. The highest BCUT2D eigenvalue weighted by atomic mass is 16.6. The highest BCUT2D eigenvalue weighted by Crippen LogP contribution is 2.12. The second-order valence-electron chi connectivity index (χ2n) is 2.45. The van der Waals surface area contributed by atoms with Crippen molar-refractivity contribution < 1.29 is 14.8 Å². The van der Waals surface area contributed by atoms with E-state index in [1.165, 1.54) is 6.92 Å². The molecule has 0 aromatic carbocycles. The Labute approximate surface area is 72.7 Å². The summed E-state index contributed by atoms with van der Waals surface area (Å²) in [5.74, 6) is -1.09. The van der Waals surface area contributed by atoms with E-state index < -0.39 is 16.9 Å². The number of hydrogen-bond acceptors (Lipinski definition) is 4. The molecule has 0 saturated heterocycles. The third kappa shape index (κ3) is 1.81. The van der Waals surface area contributed by atoms with Gasteiger partial charge in [0, 0.05) is 0 Å². The summed E-state index contributed by atoms with van der Waals surface area (Å²) in [7, 11) is 0. The van der Waals surface area contributed by atoms with Crippen LogP contribution in [0.4, 0.5) is 5.69 Å². The molecule has 1 rings (SSSR count). The van der Waals surface area contributed by atoms with E-state index in [9.17, 15) is 14.9 Å². The van der Waals surface area contributed by atoms with Gasteiger partial charge in [-0.05, 0) is 6.92 Å². The fraction of sp³-hybridized carbons (Fsp3) is 0.333. The maximum absolute atomic E-state index is 10.4. The second kappa shape index (κ2) is 3.21. The Morgan fingerprint density at radius 2 is 2.46 bits per heavy atom. The van der Waals surface area contributed by atoms with Crippen LogP contribution >= 0.6 is 0 Å². The van der Waals surface area contributed by atoms with Gasteiger partial charge in [0.25, 0.3) is 0 Å². The molecule has 0 aliphatic heterocycles. The normalized spacial score (nSPS) is 12.4. The smallest absolute Gasteiger partial charge is 0.328 e. The Balaban J connectivity index is 2.91. The molecular formula is C6H7N3O4. The maximum Gasteiger partial charge on any atom is 0.328 e. The van der Waals surface area contributed by atoms with Gasteiger partial charge in [-0.25, -0.2) is 4.79 Å². The first-order valence-electron chi connectivity index (χ1n) is 3.43. The van der Waals surface area contributed by atoms with Crippen LogP contribution in [-0.4, -0.2) is 25.8 Å². The maximum atomic E-state index is 10.4. The van der Waals surface area contributed by atoms with Gasteiger partial charge >= 0.3 is 11.7 Å². The number of aliphatic carboxylic acids is 1. The van der Waals surface area contributed by atoms with E-state index in [0.29, 0.717) is 0 Å².